The summed E-state index contributed by atoms with van der Waals surface area (Å²) in [5, 5.41) is 8.96. The van der Waals surface area contributed by atoms with Gasteiger partial charge in [0.2, 0.25) is 0 Å². The van der Waals surface area contributed by atoms with Crippen LogP contribution < -0.4 is 0 Å². The van der Waals surface area contributed by atoms with Crippen molar-refractivity contribution in [3.05, 3.63) is 59.2 Å². The number of aryl methyl sites for hydroxylation is 1. The van der Waals surface area contributed by atoms with Gasteiger partial charge in [-0.1, -0.05) is 57.2 Å². The normalized spacial score (nSPS) is 11.1. The molecule has 0 N–H and O–H groups in total. The molecule has 0 spiro atoms. The minimum atomic E-state index is 0.180. The van der Waals surface area contributed by atoms with Gasteiger partial charge in [-0.15, -0.1) is 0 Å². The van der Waals surface area contributed by atoms with Crippen molar-refractivity contribution in [2.24, 2.45) is 0 Å². The molecule has 0 aromatic heterocycles. The van der Waals surface area contributed by atoms with E-state index in [9.17, 15) is 0 Å². The molecular weight excluding hydrogens is 230 g/mol. The predicted octanol–water partition coefficient (Wildman–Crippen LogP) is 4.83. The van der Waals surface area contributed by atoms with Crippen LogP contribution in [0, 0.1) is 18.3 Å². The molecule has 2 aromatic carbocycles. The number of rotatable bonds is 1. The summed E-state index contributed by atoms with van der Waals surface area (Å²) in [6.07, 6.45) is 0. The summed E-state index contributed by atoms with van der Waals surface area (Å²) in [7, 11) is 0. The highest BCUT2D eigenvalue weighted by atomic mass is 14.2. The zero-order valence-electron chi connectivity index (χ0n) is 12.0. The predicted molar refractivity (Wildman–Crippen MR) is 80.0 cm³/mol. The third-order valence-corrected chi connectivity index (χ3v) is 3.43. The maximum Gasteiger partial charge on any atom is 0.0994 e. The van der Waals surface area contributed by atoms with E-state index in [4.69, 9.17) is 5.26 Å². The summed E-state index contributed by atoms with van der Waals surface area (Å²) >= 11 is 0. The summed E-state index contributed by atoms with van der Waals surface area (Å²) in [4.78, 5) is 0. The number of nitriles is 1. The molecule has 2 rings (SSSR count). The number of hydrogen-bond acceptors (Lipinski definition) is 1. The molecule has 1 nitrogen and oxygen atoms in total. The third kappa shape index (κ3) is 2.85. The Hall–Kier alpha value is -2.07. The van der Waals surface area contributed by atoms with E-state index in [1.54, 1.807) is 0 Å². The summed E-state index contributed by atoms with van der Waals surface area (Å²) in [6.45, 7) is 8.63. The number of benzene rings is 2. The lowest BCUT2D eigenvalue weighted by atomic mass is 9.86. The molecule has 0 unspecified atom stereocenters. The quantitative estimate of drug-likeness (QED) is 0.710. The Balaban J connectivity index is 2.38. The van der Waals surface area contributed by atoms with Crippen LogP contribution in [-0.2, 0) is 5.41 Å². The van der Waals surface area contributed by atoms with E-state index in [0.29, 0.717) is 0 Å². The molecule has 0 heterocycles. The van der Waals surface area contributed by atoms with Gasteiger partial charge in [0, 0.05) is 0 Å². The molecule has 0 amide bonds. The van der Waals surface area contributed by atoms with Crippen LogP contribution in [0.5, 0.6) is 0 Å². The highest BCUT2D eigenvalue weighted by Gasteiger charge is 2.13. The Kier molecular flexibility index (Phi) is 3.44. The van der Waals surface area contributed by atoms with Crippen LogP contribution >= 0.6 is 0 Å². The molecule has 96 valence electrons. The fourth-order valence-corrected chi connectivity index (χ4v) is 2.13. The maximum absolute atomic E-state index is 8.96. The third-order valence-electron chi connectivity index (χ3n) is 3.43. The molecule has 0 radical (unpaired) electrons. The first-order valence-corrected chi connectivity index (χ1v) is 6.53. The van der Waals surface area contributed by atoms with E-state index in [1.165, 1.54) is 11.1 Å². The van der Waals surface area contributed by atoms with Gasteiger partial charge in [-0.2, -0.15) is 5.26 Å². The number of nitrogens with zero attached hydrogens (tertiary/aromatic N) is 1. The van der Waals surface area contributed by atoms with Crippen molar-refractivity contribution in [2.45, 2.75) is 33.1 Å². The lowest BCUT2D eigenvalue weighted by Crippen LogP contribution is -2.10. The molecule has 0 fully saturated rings. The minimum Gasteiger partial charge on any atom is -0.192 e. The molecule has 0 saturated heterocycles. The standard InChI is InChI=1S/C18H19N/c1-13-11-15(5-6-16(13)12-19)14-7-9-17(10-8-14)18(2,3)4/h5-11H,1-4H3. The van der Waals surface area contributed by atoms with E-state index >= 15 is 0 Å². The number of hydrogen-bond donors (Lipinski definition) is 0. The van der Waals surface area contributed by atoms with Crippen molar-refractivity contribution in [2.75, 3.05) is 0 Å². The monoisotopic (exact) mass is 249 g/mol. The Labute approximate surface area is 115 Å². The molecule has 19 heavy (non-hydrogen) atoms. The Morgan fingerprint density at radius 3 is 1.95 bits per heavy atom. The average Bonchev–Trinajstić information content (AvgIpc) is 2.38. The highest BCUT2D eigenvalue weighted by Crippen LogP contribution is 2.27. The van der Waals surface area contributed by atoms with Crippen molar-refractivity contribution in [3.63, 3.8) is 0 Å². The van der Waals surface area contributed by atoms with E-state index in [1.807, 2.05) is 19.1 Å². The molecule has 0 aliphatic carbocycles. The summed E-state index contributed by atoms with van der Waals surface area (Å²) in [5.41, 5.74) is 5.65. The molecule has 1 heteroatoms. The fraction of sp³-hybridized carbons (Fsp3) is 0.278. The summed E-state index contributed by atoms with van der Waals surface area (Å²) in [6, 6.07) is 16.9. The van der Waals surface area contributed by atoms with Crippen LogP contribution in [0.25, 0.3) is 11.1 Å². The van der Waals surface area contributed by atoms with E-state index in [2.05, 4.69) is 57.2 Å². The first-order valence-electron chi connectivity index (χ1n) is 6.53. The van der Waals surface area contributed by atoms with Crippen LogP contribution in [0.4, 0.5) is 0 Å². The van der Waals surface area contributed by atoms with Gasteiger partial charge >= 0.3 is 0 Å². The van der Waals surface area contributed by atoms with E-state index in [-0.39, 0.29) is 5.41 Å². The highest BCUT2D eigenvalue weighted by molar-refractivity contribution is 5.66. The van der Waals surface area contributed by atoms with Crippen LogP contribution in [0.3, 0.4) is 0 Å². The lowest BCUT2D eigenvalue weighted by molar-refractivity contribution is 0.590. The van der Waals surface area contributed by atoms with Gasteiger partial charge in [0.15, 0.2) is 0 Å². The van der Waals surface area contributed by atoms with E-state index in [0.717, 1.165) is 16.7 Å². The van der Waals surface area contributed by atoms with Gasteiger partial charge in [-0.05, 0) is 40.7 Å². The SMILES string of the molecule is Cc1cc(-c2ccc(C(C)(C)C)cc2)ccc1C#N. The molecule has 0 aliphatic rings. The zero-order valence-corrected chi connectivity index (χ0v) is 12.0. The Morgan fingerprint density at radius 1 is 0.895 bits per heavy atom. The second-order valence-corrected chi connectivity index (χ2v) is 5.97. The Bertz CT molecular complexity index is 622. The maximum atomic E-state index is 8.96. The van der Waals surface area contributed by atoms with Crippen molar-refractivity contribution in [1.82, 2.24) is 0 Å². The Morgan fingerprint density at radius 2 is 1.47 bits per heavy atom. The van der Waals surface area contributed by atoms with Gasteiger partial charge in [0.05, 0.1) is 11.6 Å². The molecule has 0 atom stereocenters. The first kappa shape index (κ1) is 13.4. The van der Waals surface area contributed by atoms with Gasteiger partial charge in [0.25, 0.3) is 0 Å². The van der Waals surface area contributed by atoms with Gasteiger partial charge in [-0.3, -0.25) is 0 Å². The van der Waals surface area contributed by atoms with Gasteiger partial charge < -0.3 is 0 Å². The van der Waals surface area contributed by atoms with Crippen molar-refractivity contribution < 1.29 is 0 Å². The van der Waals surface area contributed by atoms with Crippen molar-refractivity contribution >= 4 is 0 Å². The molecule has 0 saturated carbocycles. The largest absolute Gasteiger partial charge is 0.192 e. The summed E-state index contributed by atoms with van der Waals surface area (Å²) < 4.78 is 0. The van der Waals surface area contributed by atoms with Gasteiger partial charge in [-0.25, -0.2) is 0 Å². The lowest BCUT2D eigenvalue weighted by Gasteiger charge is -2.19. The fourth-order valence-electron chi connectivity index (χ4n) is 2.13. The molecular formula is C18H19N. The average molecular weight is 249 g/mol. The minimum absolute atomic E-state index is 0.180. The summed E-state index contributed by atoms with van der Waals surface area (Å²) in [5.74, 6) is 0. The zero-order chi connectivity index (χ0) is 14.0. The second kappa shape index (κ2) is 4.90. The first-order chi connectivity index (χ1) is 8.91. The van der Waals surface area contributed by atoms with E-state index < -0.39 is 0 Å². The van der Waals surface area contributed by atoms with Crippen molar-refractivity contribution in [1.29, 1.82) is 5.26 Å². The molecule has 0 bridgehead atoms. The van der Waals surface area contributed by atoms with Crippen molar-refractivity contribution in [3.8, 4) is 17.2 Å². The van der Waals surface area contributed by atoms with Crippen LogP contribution in [0.1, 0.15) is 37.5 Å². The topological polar surface area (TPSA) is 23.8 Å². The van der Waals surface area contributed by atoms with Crippen LogP contribution in [-0.4, -0.2) is 0 Å². The van der Waals surface area contributed by atoms with Gasteiger partial charge in [0.1, 0.15) is 0 Å². The van der Waals surface area contributed by atoms with Crippen LogP contribution in [0.15, 0.2) is 42.5 Å². The van der Waals surface area contributed by atoms with Crippen LogP contribution in [0.2, 0.25) is 0 Å². The smallest absolute Gasteiger partial charge is 0.0994 e. The second-order valence-electron chi connectivity index (χ2n) is 5.97. The molecule has 2 aromatic rings. The molecule has 0 aliphatic heterocycles.